The molecule has 2 fully saturated rings. The molecule has 2 saturated heterocycles. The lowest BCUT2D eigenvalue weighted by Crippen LogP contribution is -2.72. The lowest BCUT2D eigenvalue weighted by atomic mass is 10.0. The number of β-lactam (4-membered cyclic amide) rings is 2. The van der Waals surface area contributed by atoms with Gasteiger partial charge in [-0.3, -0.25) is 24.2 Å². The molecule has 4 rings (SSSR count). The Morgan fingerprint density at radius 1 is 1.03 bits per heavy atom. The number of thioether (sulfide) groups is 2. The molecule has 4 atom stereocenters. The van der Waals surface area contributed by atoms with Crippen molar-refractivity contribution in [2.45, 2.75) is 22.8 Å². The summed E-state index contributed by atoms with van der Waals surface area (Å²) < 4.78 is 10.2. The molecule has 4 aliphatic heterocycles. The number of ether oxygens (including phenoxy) is 2. The van der Waals surface area contributed by atoms with Crippen LogP contribution < -0.4 is 11.1 Å². The number of nitrogens with one attached hydrogen (secondary N) is 1. The minimum atomic E-state index is -1.21. The quantitative estimate of drug-likeness (QED) is 0.376. The van der Waals surface area contributed by atoms with Gasteiger partial charge in [0.15, 0.2) is 0 Å². The molecule has 0 spiro atoms. The van der Waals surface area contributed by atoms with Crippen LogP contribution in [0.2, 0.25) is 0 Å². The first-order valence-electron chi connectivity index (χ1n) is 9.42. The number of methoxy groups -OCH3 is 2. The molecule has 3 amide bonds. The molecule has 0 saturated carbocycles. The van der Waals surface area contributed by atoms with Gasteiger partial charge in [-0.15, -0.1) is 23.5 Å². The van der Waals surface area contributed by atoms with Crippen molar-refractivity contribution in [2.24, 2.45) is 5.73 Å². The van der Waals surface area contributed by atoms with Crippen LogP contribution in [-0.4, -0.2) is 100 Å². The number of carboxylic acid groups (broad SMARTS) is 1. The minimum Gasteiger partial charge on any atom is -0.477 e. The number of nitrogens with two attached hydrogens (primary N) is 1. The summed E-state index contributed by atoms with van der Waals surface area (Å²) in [4.78, 5) is 52.5. The summed E-state index contributed by atoms with van der Waals surface area (Å²) in [5, 5.41) is 11.4. The third-order valence-corrected chi connectivity index (χ3v) is 8.18. The number of amides is 3. The third-order valence-electron chi connectivity index (χ3n) is 5.48. The molecule has 2 unspecified atom stereocenters. The Kier molecular flexibility index (Phi) is 6.05. The number of fused-ring (bicyclic) bond motifs is 2. The lowest BCUT2D eigenvalue weighted by molar-refractivity contribution is -0.151. The maximum absolute atomic E-state index is 13.1. The van der Waals surface area contributed by atoms with Gasteiger partial charge in [-0.2, -0.15) is 0 Å². The van der Waals surface area contributed by atoms with E-state index in [-0.39, 0.29) is 35.9 Å². The average molecular weight is 471 g/mol. The van der Waals surface area contributed by atoms with Crippen molar-refractivity contribution >= 4 is 47.2 Å². The summed E-state index contributed by atoms with van der Waals surface area (Å²) in [7, 11) is 2.94. The van der Waals surface area contributed by atoms with Gasteiger partial charge in [0.1, 0.15) is 34.2 Å². The Morgan fingerprint density at radius 2 is 1.58 bits per heavy atom. The predicted octanol–water partition coefficient (Wildman–Crippen LogP) is -1.49. The zero-order valence-electron chi connectivity index (χ0n) is 16.8. The van der Waals surface area contributed by atoms with Crippen LogP contribution in [0, 0.1) is 0 Å². The van der Waals surface area contributed by atoms with Crippen molar-refractivity contribution in [2.75, 3.05) is 38.9 Å². The molecule has 4 N–H and O–H groups in total. The van der Waals surface area contributed by atoms with Crippen LogP contribution in [0.15, 0.2) is 22.5 Å². The van der Waals surface area contributed by atoms with E-state index in [9.17, 15) is 24.3 Å². The molecular weight excluding hydrogens is 448 g/mol. The van der Waals surface area contributed by atoms with Crippen molar-refractivity contribution < 1.29 is 33.8 Å². The number of hydrogen-bond acceptors (Lipinski definition) is 9. The molecular formula is C18H22N4O7S2. The predicted molar refractivity (Wildman–Crippen MR) is 112 cm³/mol. The summed E-state index contributed by atoms with van der Waals surface area (Å²) in [5.41, 5.74) is 7.06. The SMILES string of the molecule is COCC1=C(C(=O)NC2C(=O)N3C(C(=O)O)=C(COC)CS[C@H]23)N2C(=O)C(N)[C@H]2SC1. The number of aliphatic carboxylic acids is 1. The van der Waals surface area contributed by atoms with Crippen LogP contribution in [-0.2, 0) is 28.7 Å². The Hall–Kier alpha value is -2.06. The summed E-state index contributed by atoms with van der Waals surface area (Å²) in [6.07, 6.45) is 0. The summed E-state index contributed by atoms with van der Waals surface area (Å²) in [6.45, 7) is 0.266. The highest BCUT2D eigenvalue weighted by atomic mass is 32.2. The summed E-state index contributed by atoms with van der Waals surface area (Å²) in [5.74, 6) is -1.81. The molecule has 0 radical (unpaired) electrons. The molecule has 168 valence electrons. The first-order chi connectivity index (χ1) is 14.8. The number of carboxylic acids is 1. The number of carbonyl (C=O) groups is 4. The Bertz CT molecular complexity index is 921. The Balaban J connectivity index is 1.55. The van der Waals surface area contributed by atoms with Gasteiger partial charge in [0.05, 0.1) is 13.2 Å². The standard InChI is InChI=1S/C18H22N4O7S2/c1-28-3-7-5-30-16-9(19)14(24)21(16)11(7)13(23)20-10-15(25)22-12(18(26)27)8(4-29-2)6-31-17(10)22/h9-10,16-17H,3-6,19H2,1-2H3,(H,20,23)(H,26,27)/t9?,10?,16-,17-/m1/s1. The van der Waals surface area contributed by atoms with Gasteiger partial charge in [0, 0.05) is 25.7 Å². The van der Waals surface area contributed by atoms with Gasteiger partial charge < -0.3 is 25.6 Å². The van der Waals surface area contributed by atoms with E-state index in [2.05, 4.69) is 5.32 Å². The second-order valence-corrected chi connectivity index (χ2v) is 9.58. The van der Waals surface area contributed by atoms with Crippen molar-refractivity contribution in [1.82, 2.24) is 15.1 Å². The molecule has 0 bridgehead atoms. The van der Waals surface area contributed by atoms with Crippen molar-refractivity contribution in [3.05, 3.63) is 22.5 Å². The molecule has 4 heterocycles. The highest BCUT2D eigenvalue weighted by molar-refractivity contribution is 8.00. The summed E-state index contributed by atoms with van der Waals surface area (Å²) in [6, 6.07) is -1.57. The number of hydrogen-bond donors (Lipinski definition) is 3. The van der Waals surface area contributed by atoms with E-state index in [1.54, 1.807) is 0 Å². The molecule has 0 aromatic carbocycles. The first-order valence-corrected chi connectivity index (χ1v) is 11.5. The topological polar surface area (TPSA) is 152 Å². The van der Waals surface area contributed by atoms with Crippen molar-refractivity contribution in [3.63, 3.8) is 0 Å². The second-order valence-electron chi connectivity index (χ2n) is 7.37. The van der Waals surface area contributed by atoms with Gasteiger partial charge in [-0.1, -0.05) is 0 Å². The van der Waals surface area contributed by atoms with Crippen molar-refractivity contribution in [3.8, 4) is 0 Å². The first kappa shape index (κ1) is 22.1. The van der Waals surface area contributed by atoms with E-state index >= 15 is 0 Å². The molecule has 11 nitrogen and oxygen atoms in total. The smallest absolute Gasteiger partial charge is 0.352 e. The lowest BCUT2D eigenvalue weighted by Gasteiger charge is -2.51. The fourth-order valence-corrected chi connectivity index (χ4v) is 6.66. The fraction of sp³-hybridized carbons (Fsp3) is 0.556. The molecule has 31 heavy (non-hydrogen) atoms. The van der Waals surface area contributed by atoms with Crippen molar-refractivity contribution in [1.29, 1.82) is 0 Å². The highest BCUT2D eigenvalue weighted by Crippen LogP contribution is 2.42. The van der Waals surface area contributed by atoms with Gasteiger partial charge in [0.25, 0.3) is 11.8 Å². The van der Waals surface area contributed by atoms with E-state index in [4.69, 9.17) is 15.2 Å². The van der Waals surface area contributed by atoms with Crippen LogP contribution >= 0.6 is 23.5 Å². The largest absolute Gasteiger partial charge is 0.477 e. The number of carbonyl (C=O) groups excluding carboxylic acids is 3. The number of rotatable bonds is 7. The molecule has 0 aliphatic carbocycles. The molecule has 0 aromatic rings. The minimum absolute atomic E-state index is 0.0987. The van der Waals surface area contributed by atoms with E-state index in [1.165, 1.54) is 47.5 Å². The van der Waals surface area contributed by atoms with Crippen LogP contribution in [0.3, 0.4) is 0 Å². The zero-order chi connectivity index (χ0) is 22.4. The highest BCUT2D eigenvalue weighted by Gasteiger charge is 2.56. The molecule has 13 heteroatoms. The van der Waals surface area contributed by atoms with E-state index in [1.807, 2.05) is 0 Å². The second kappa shape index (κ2) is 8.47. The van der Waals surface area contributed by atoms with Gasteiger partial charge in [-0.25, -0.2) is 4.79 Å². The normalized spacial score (nSPS) is 29.9. The van der Waals surface area contributed by atoms with Crippen LogP contribution in [0.1, 0.15) is 0 Å². The molecule has 4 aliphatic rings. The number of nitrogens with zero attached hydrogens (tertiary/aromatic N) is 2. The maximum Gasteiger partial charge on any atom is 0.352 e. The van der Waals surface area contributed by atoms with Crippen LogP contribution in [0.5, 0.6) is 0 Å². The van der Waals surface area contributed by atoms with Crippen LogP contribution in [0.25, 0.3) is 0 Å². The average Bonchev–Trinajstić information content (AvgIpc) is 2.76. The van der Waals surface area contributed by atoms with Gasteiger partial charge in [0.2, 0.25) is 5.91 Å². The van der Waals surface area contributed by atoms with Gasteiger partial charge >= 0.3 is 5.97 Å². The van der Waals surface area contributed by atoms with E-state index < -0.39 is 35.2 Å². The Morgan fingerprint density at radius 3 is 2.16 bits per heavy atom. The third kappa shape index (κ3) is 3.44. The van der Waals surface area contributed by atoms with Gasteiger partial charge in [-0.05, 0) is 11.1 Å². The summed E-state index contributed by atoms with van der Waals surface area (Å²) >= 11 is 2.81. The Labute approximate surface area is 186 Å². The monoisotopic (exact) mass is 470 g/mol. The maximum atomic E-state index is 13.1. The van der Waals surface area contributed by atoms with E-state index in [0.717, 1.165) is 0 Å². The fourth-order valence-electron chi connectivity index (χ4n) is 4.06. The van der Waals surface area contributed by atoms with E-state index in [0.29, 0.717) is 22.7 Å². The van der Waals surface area contributed by atoms with Crippen LogP contribution in [0.4, 0.5) is 0 Å². The molecule has 0 aromatic heterocycles. The zero-order valence-corrected chi connectivity index (χ0v) is 18.5.